The Morgan fingerprint density at radius 1 is 1.04 bits per heavy atom. The fourth-order valence-electron chi connectivity index (χ4n) is 6.29. The number of hydrogen-bond donors (Lipinski definition) is 1. The lowest BCUT2D eigenvalue weighted by Gasteiger charge is -2.47. The van der Waals surface area contributed by atoms with E-state index in [2.05, 4.69) is 57.3 Å². The molecule has 0 unspecified atom stereocenters. The van der Waals surface area contributed by atoms with Crippen LogP contribution in [0, 0.1) is 17.8 Å². The molecule has 2 aromatic heterocycles. The number of anilines is 1. The second kappa shape index (κ2) is 13.8. The van der Waals surface area contributed by atoms with Crippen LogP contribution in [0.3, 0.4) is 0 Å². The molecule has 4 heterocycles. The summed E-state index contributed by atoms with van der Waals surface area (Å²) in [5, 5.41) is 0.827. The smallest absolute Gasteiger partial charge is 0.246 e. The number of likely N-dealkylation sites (N-methyl/N-ethyl adjacent to an activating group) is 1. The Morgan fingerprint density at radius 3 is 2.41 bits per heavy atom. The van der Waals surface area contributed by atoms with Gasteiger partial charge in [-0.1, -0.05) is 42.3 Å². The van der Waals surface area contributed by atoms with E-state index in [9.17, 15) is 4.79 Å². The lowest BCUT2D eigenvalue weighted by Crippen LogP contribution is -2.61. The average Bonchev–Trinajstić information content (AvgIpc) is 3.36. The highest BCUT2D eigenvalue weighted by atomic mass is 16.5. The maximum absolute atomic E-state index is 12.4. The molecule has 2 fully saturated rings. The van der Waals surface area contributed by atoms with Crippen molar-refractivity contribution in [1.82, 2.24) is 29.2 Å². The second-order valence-electron chi connectivity index (χ2n) is 12.7. The van der Waals surface area contributed by atoms with Crippen molar-refractivity contribution in [2.75, 3.05) is 52.6 Å². The van der Waals surface area contributed by atoms with Gasteiger partial charge in [-0.25, -0.2) is 9.97 Å². The predicted octanol–water partition coefficient (Wildman–Crippen LogP) is 5.45. The molecule has 0 aliphatic carbocycles. The van der Waals surface area contributed by atoms with Crippen LogP contribution in [0.5, 0.6) is 11.5 Å². The van der Waals surface area contributed by atoms with Gasteiger partial charge in [0.15, 0.2) is 0 Å². The van der Waals surface area contributed by atoms with Gasteiger partial charge in [0.2, 0.25) is 5.91 Å². The SMILES string of the molecule is CC(C)n1c(C#CC2CCN(C3CN(C(=O)/C=C/CN(C)C)C3)CC2)c(-c2ccc(Oc3ccccc3)cc2)c2c(N)ncnc21. The number of hydrogen-bond acceptors (Lipinski definition) is 7. The van der Waals surface area contributed by atoms with Crippen molar-refractivity contribution in [3.05, 3.63) is 78.8 Å². The number of rotatable bonds is 8. The summed E-state index contributed by atoms with van der Waals surface area (Å²) in [6.07, 6.45) is 7.17. The van der Waals surface area contributed by atoms with E-state index in [0.29, 0.717) is 17.8 Å². The molecule has 0 bridgehead atoms. The van der Waals surface area contributed by atoms with Gasteiger partial charge in [-0.2, -0.15) is 0 Å². The van der Waals surface area contributed by atoms with Crippen molar-refractivity contribution < 1.29 is 9.53 Å². The topological polar surface area (TPSA) is 92.8 Å². The zero-order valence-electron chi connectivity index (χ0n) is 27.2. The molecule has 6 rings (SSSR count). The molecule has 238 valence electrons. The van der Waals surface area contributed by atoms with Crippen molar-refractivity contribution in [3.8, 4) is 34.5 Å². The van der Waals surface area contributed by atoms with E-state index in [1.807, 2.05) is 72.4 Å². The number of carbonyl (C=O) groups excluding carboxylic acids is 1. The van der Waals surface area contributed by atoms with Crippen LogP contribution in [0.4, 0.5) is 5.82 Å². The van der Waals surface area contributed by atoms with E-state index in [1.165, 1.54) is 6.33 Å². The van der Waals surface area contributed by atoms with Gasteiger partial charge in [-0.05, 0) is 89.6 Å². The lowest BCUT2D eigenvalue weighted by atomic mass is 9.94. The predicted molar refractivity (Wildman–Crippen MR) is 184 cm³/mol. The van der Waals surface area contributed by atoms with Crippen LogP contribution < -0.4 is 10.5 Å². The quantitative estimate of drug-likeness (QED) is 0.208. The van der Waals surface area contributed by atoms with Gasteiger partial charge in [0.1, 0.15) is 35.0 Å². The van der Waals surface area contributed by atoms with Crippen LogP contribution in [0.15, 0.2) is 73.1 Å². The maximum Gasteiger partial charge on any atom is 0.246 e. The number of benzene rings is 2. The van der Waals surface area contributed by atoms with Crippen molar-refractivity contribution >= 4 is 22.8 Å². The molecule has 0 saturated carbocycles. The van der Waals surface area contributed by atoms with Gasteiger partial charge < -0.3 is 24.8 Å². The Labute approximate surface area is 271 Å². The molecule has 2 aliphatic heterocycles. The Morgan fingerprint density at radius 2 is 1.74 bits per heavy atom. The highest BCUT2D eigenvalue weighted by Crippen LogP contribution is 2.39. The molecule has 9 nitrogen and oxygen atoms in total. The fraction of sp³-hybridized carbons (Fsp3) is 0.378. The molecule has 9 heteroatoms. The van der Waals surface area contributed by atoms with Crippen LogP contribution in [0.25, 0.3) is 22.2 Å². The average molecular weight is 618 g/mol. The lowest BCUT2D eigenvalue weighted by molar-refractivity contribution is -0.133. The Hall–Kier alpha value is -4.65. The van der Waals surface area contributed by atoms with Crippen LogP contribution in [0.2, 0.25) is 0 Å². The largest absolute Gasteiger partial charge is 0.457 e. The van der Waals surface area contributed by atoms with Crippen LogP contribution >= 0.6 is 0 Å². The summed E-state index contributed by atoms with van der Waals surface area (Å²) >= 11 is 0. The van der Waals surface area contributed by atoms with Crippen LogP contribution in [-0.4, -0.2) is 88.0 Å². The highest BCUT2D eigenvalue weighted by Gasteiger charge is 2.35. The summed E-state index contributed by atoms with van der Waals surface area (Å²) in [7, 11) is 4.00. The van der Waals surface area contributed by atoms with Gasteiger partial charge in [0.05, 0.1) is 5.39 Å². The van der Waals surface area contributed by atoms with E-state index in [1.54, 1.807) is 6.08 Å². The number of carbonyl (C=O) groups is 1. The molecule has 0 spiro atoms. The number of nitrogen functional groups attached to an aromatic ring is 1. The summed E-state index contributed by atoms with van der Waals surface area (Å²) in [6, 6.07) is 18.4. The summed E-state index contributed by atoms with van der Waals surface area (Å²) in [6.45, 7) is 8.65. The molecule has 2 aliphatic rings. The number of fused-ring (bicyclic) bond motifs is 1. The zero-order chi connectivity index (χ0) is 32.2. The second-order valence-corrected chi connectivity index (χ2v) is 12.7. The molecule has 4 aromatic rings. The third-order valence-corrected chi connectivity index (χ3v) is 8.80. The Balaban J connectivity index is 1.19. The zero-order valence-corrected chi connectivity index (χ0v) is 27.2. The van der Waals surface area contributed by atoms with E-state index >= 15 is 0 Å². The minimum absolute atomic E-state index is 0.110. The third-order valence-electron chi connectivity index (χ3n) is 8.80. The van der Waals surface area contributed by atoms with Gasteiger partial charge in [-0.15, -0.1) is 0 Å². The van der Waals surface area contributed by atoms with Crippen molar-refractivity contribution in [2.24, 2.45) is 5.92 Å². The fourth-order valence-corrected chi connectivity index (χ4v) is 6.29. The van der Waals surface area contributed by atoms with Gasteiger partial charge in [0.25, 0.3) is 0 Å². The molecule has 0 atom stereocenters. The van der Waals surface area contributed by atoms with Crippen molar-refractivity contribution in [2.45, 2.75) is 38.8 Å². The summed E-state index contributed by atoms with van der Waals surface area (Å²) in [5.74, 6) is 9.63. The van der Waals surface area contributed by atoms with Crippen LogP contribution in [0.1, 0.15) is 38.4 Å². The standard InChI is InChI=1S/C37H43N7O2/c1-26(2)44-32(17-12-27-18-21-42(22-19-27)29-23-43(24-29)33(45)11-8-20-41(3)4)34(35-36(38)39-25-40-37(35)44)28-13-15-31(16-14-28)46-30-9-6-5-7-10-30/h5-11,13-16,25-27,29H,18-24H2,1-4H3,(H2,38,39,40)/b11-8+. The maximum atomic E-state index is 12.4. The van der Waals surface area contributed by atoms with Crippen molar-refractivity contribution in [1.29, 1.82) is 0 Å². The molecule has 2 N–H and O–H groups in total. The number of piperidine rings is 1. The normalized spacial score (nSPS) is 16.3. The molecule has 46 heavy (non-hydrogen) atoms. The third kappa shape index (κ3) is 6.79. The first kappa shape index (κ1) is 31.3. The number of nitrogens with zero attached hydrogens (tertiary/aromatic N) is 6. The van der Waals surface area contributed by atoms with Gasteiger partial charge in [-0.3, -0.25) is 9.69 Å². The van der Waals surface area contributed by atoms with Crippen molar-refractivity contribution in [3.63, 3.8) is 0 Å². The number of amides is 1. The van der Waals surface area contributed by atoms with E-state index in [0.717, 1.165) is 84.9 Å². The number of nitrogens with two attached hydrogens (primary N) is 1. The molecular weight excluding hydrogens is 574 g/mol. The highest BCUT2D eigenvalue weighted by molar-refractivity contribution is 6.03. The summed E-state index contributed by atoms with van der Waals surface area (Å²) in [5.41, 5.74) is 10.2. The first-order valence-electron chi connectivity index (χ1n) is 16.1. The van der Waals surface area contributed by atoms with E-state index in [-0.39, 0.29) is 11.9 Å². The first-order chi connectivity index (χ1) is 22.3. The van der Waals surface area contributed by atoms with Gasteiger partial charge >= 0.3 is 0 Å². The van der Waals surface area contributed by atoms with Crippen LogP contribution in [-0.2, 0) is 4.79 Å². The minimum atomic E-state index is 0.110. The molecule has 0 radical (unpaired) electrons. The van der Waals surface area contributed by atoms with Gasteiger partial charge in [0, 0.05) is 49.3 Å². The Kier molecular flexibility index (Phi) is 9.38. The number of ether oxygens (including phenoxy) is 1. The number of likely N-dealkylation sites (tertiary alicyclic amines) is 2. The first-order valence-corrected chi connectivity index (χ1v) is 16.1. The number of aromatic nitrogens is 3. The summed E-state index contributed by atoms with van der Waals surface area (Å²) < 4.78 is 8.24. The van der Waals surface area contributed by atoms with E-state index < -0.39 is 0 Å². The molecular formula is C37H43N7O2. The summed E-state index contributed by atoms with van der Waals surface area (Å²) in [4.78, 5) is 28.0. The van der Waals surface area contributed by atoms with E-state index in [4.69, 9.17) is 10.5 Å². The monoisotopic (exact) mass is 617 g/mol. The molecule has 2 aromatic carbocycles. The Bertz CT molecular complexity index is 1750. The molecule has 1 amide bonds. The molecule has 2 saturated heterocycles. The number of para-hydroxylation sites is 1. The minimum Gasteiger partial charge on any atom is -0.457 e.